The number of benzene rings is 1. The largest absolute Gasteiger partial charge is 0.484 e. The lowest BCUT2D eigenvalue weighted by molar-refractivity contribution is -0.153. The number of amides is 1. The van der Waals surface area contributed by atoms with Gasteiger partial charge >= 0.3 is 6.18 Å². The first-order chi connectivity index (χ1) is 10.1. The molecule has 0 fully saturated rings. The van der Waals surface area contributed by atoms with Crippen molar-refractivity contribution in [2.75, 3.05) is 6.61 Å². The smallest absolute Gasteiger partial charge is 0.422 e. The topological polar surface area (TPSA) is 64.4 Å². The molecule has 1 rings (SSSR count). The SMILES string of the molecule is CC(NC(=O)C(C)C(C)N)c1ccc(OCC(F)(F)F)cc1.Cl. The van der Waals surface area contributed by atoms with Crippen molar-refractivity contribution in [3.8, 4) is 5.75 Å². The molecule has 0 bridgehead atoms. The van der Waals surface area contributed by atoms with Gasteiger partial charge in [0.2, 0.25) is 5.91 Å². The highest BCUT2D eigenvalue weighted by molar-refractivity contribution is 5.85. The summed E-state index contributed by atoms with van der Waals surface area (Å²) in [5.41, 5.74) is 6.44. The Kier molecular flexibility index (Phi) is 8.41. The zero-order valence-electron chi connectivity index (χ0n) is 13.2. The number of halogens is 4. The predicted octanol–water partition coefficient (Wildman–Crippen LogP) is 3.21. The molecule has 0 aromatic heterocycles. The molecule has 0 saturated carbocycles. The number of nitrogens with two attached hydrogens (primary N) is 1. The fourth-order valence-corrected chi connectivity index (χ4v) is 1.68. The number of hydrogen-bond donors (Lipinski definition) is 2. The molecule has 0 radical (unpaired) electrons. The Morgan fingerprint density at radius 3 is 2.17 bits per heavy atom. The molecule has 132 valence electrons. The Morgan fingerprint density at radius 2 is 1.74 bits per heavy atom. The molecule has 1 aromatic carbocycles. The maximum absolute atomic E-state index is 12.1. The van der Waals surface area contributed by atoms with Crippen LogP contribution < -0.4 is 15.8 Å². The molecule has 1 amide bonds. The molecule has 0 aliphatic rings. The zero-order chi connectivity index (χ0) is 16.9. The molecular weight excluding hydrogens is 333 g/mol. The lowest BCUT2D eigenvalue weighted by Gasteiger charge is -2.20. The molecule has 23 heavy (non-hydrogen) atoms. The number of alkyl halides is 3. The van der Waals surface area contributed by atoms with Crippen LogP contribution in [0.3, 0.4) is 0 Å². The molecule has 0 aliphatic carbocycles. The van der Waals surface area contributed by atoms with E-state index in [-0.39, 0.29) is 42.1 Å². The zero-order valence-corrected chi connectivity index (χ0v) is 14.0. The third-order valence-electron chi connectivity index (χ3n) is 3.34. The third-order valence-corrected chi connectivity index (χ3v) is 3.34. The predicted molar refractivity (Wildman–Crippen MR) is 84.6 cm³/mol. The highest BCUT2D eigenvalue weighted by atomic mass is 35.5. The number of carbonyl (C=O) groups is 1. The molecule has 0 spiro atoms. The van der Waals surface area contributed by atoms with Crippen LogP contribution in [0.5, 0.6) is 5.75 Å². The van der Waals surface area contributed by atoms with Crippen LogP contribution in [0.25, 0.3) is 0 Å². The van der Waals surface area contributed by atoms with Crippen LogP contribution in [0.4, 0.5) is 13.2 Å². The van der Waals surface area contributed by atoms with Crippen molar-refractivity contribution < 1.29 is 22.7 Å². The van der Waals surface area contributed by atoms with Gasteiger partial charge in [0.25, 0.3) is 0 Å². The van der Waals surface area contributed by atoms with Crippen LogP contribution in [0.2, 0.25) is 0 Å². The van der Waals surface area contributed by atoms with E-state index in [1.165, 1.54) is 12.1 Å². The minimum Gasteiger partial charge on any atom is -0.484 e. The summed E-state index contributed by atoms with van der Waals surface area (Å²) in [5.74, 6) is -0.361. The molecular formula is C15H22ClF3N2O2. The second-order valence-electron chi connectivity index (χ2n) is 5.35. The van der Waals surface area contributed by atoms with Crippen LogP contribution in [0.15, 0.2) is 24.3 Å². The van der Waals surface area contributed by atoms with Crippen molar-refractivity contribution in [2.24, 2.45) is 11.7 Å². The summed E-state index contributed by atoms with van der Waals surface area (Å²) in [6, 6.07) is 5.59. The van der Waals surface area contributed by atoms with Gasteiger partial charge in [-0.15, -0.1) is 12.4 Å². The van der Waals surface area contributed by atoms with E-state index in [0.29, 0.717) is 0 Å². The van der Waals surface area contributed by atoms with Crippen molar-refractivity contribution in [1.29, 1.82) is 0 Å². The van der Waals surface area contributed by atoms with E-state index in [1.54, 1.807) is 32.9 Å². The van der Waals surface area contributed by atoms with Crippen LogP contribution >= 0.6 is 12.4 Å². The maximum Gasteiger partial charge on any atom is 0.422 e. The van der Waals surface area contributed by atoms with Gasteiger partial charge in [-0.25, -0.2) is 0 Å². The van der Waals surface area contributed by atoms with E-state index in [4.69, 9.17) is 5.73 Å². The van der Waals surface area contributed by atoms with Gasteiger partial charge < -0.3 is 15.8 Å². The van der Waals surface area contributed by atoms with Gasteiger partial charge in [0.15, 0.2) is 6.61 Å². The van der Waals surface area contributed by atoms with Crippen molar-refractivity contribution in [3.05, 3.63) is 29.8 Å². The highest BCUT2D eigenvalue weighted by Crippen LogP contribution is 2.21. The summed E-state index contributed by atoms with van der Waals surface area (Å²) in [7, 11) is 0. The quantitative estimate of drug-likeness (QED) is 0.824. The maximum atomic E-state index is 12.1. The van der Waals surface area contributed by atoms with Crippen molar-refractivity contribution in [3.63, 3.8) is 0 Å². The first-order valence-electron chi connectivity index (χ1n) is 6.95. The Morgan fingerprint density at radius 1 is 1.22 bits per heavy atom. The number of rotatable bonds is 6. The van der Waals surface area contributed by atoms with Gasteiger partial charge in [-0.05, 0) is 31.5 Å². The van der Waals surface area contributed by atoms with E-state index in [2.05, 4.69) is 10.1 Å². The first-order valence-corrected chi connectivity index (χ1v) is 6.95. The molecule has 3 N–H and O–H groups in total. The van der Waals surface area contributed by atoms with Gasteiger partial charge in [0.1, 0.15) is 5.75 Å². The van der Waals surface area contributed by atoms with Crippen LogP contribution in [0.1, 0.15) is 32.4 Å². The molecule has 0 heterocycles. The third kappa shape index (κ3) is 7.56. The van der Waals surface area contributed by atoms with E-state index in [9.17, 15) is 18.0 Å². The molecule has 4 nitrogen and oxygen atoms in total. The number of nitrogens with one attached hydrogen (secondary N) is 1. The standard InChI is InChI=1S/C15H21F3N2O2.ClH/c1-9(10(2)19)14(21)20-11(3)12-4-6-13(7-5-12)22-8-15(16,17)18;/h4-7,9-11H,8,19H2,1-3H3,(H,20,21);1H. The average molecular weight is 355 g/mol. The highest BCUT2D eigenvalue weighted by Gasteiger charge is 2.28. The van der Waals surface area contributed by atoms with Crippen LogP contribution in [0, 0.1) is 5.92 Å². The normalized spacial score (nSPS) is 15.1. The lowest BCUT2D eigenvalue weighted by atomic mass is 10.0. The number of hydrogen-bond acceptors (Lipinski definition) is 3. The molecule has 1 aromatic rings. The Labute approximate surface area is 140 Å². The minimum atomic E-state index is -4.37. The van der Waals surface area contributed by atoms with E-state index >= 15 is 0 Å². The van der Waals surface area contributed by atoms with Crippen LogP contribution in [-0.4, -0.2) is 24.7 Å². The number of carbonyl (C=O) groups excluding carboxylic acids is 1. The fourth-order valence-electron chi connectivity index (χ4n) is 1.68. The Bertz CT molecular complexity index is 492. The number of ether oxygens (including phenoxy) is 1. The second-order valence-corrected chi connectivity index (χ2v) is 5.35. The first kappa shape index (κ1) is 21.5. The second kappa shape index (κ2) is 8.98. The summed E-state index contributed by atoms with van der Waals surface area (Å²) in [6.45, 7) is 3.95. The Balaban J connectivity index is 0.00000484. The van der Waals surface area contributed by atoms with Crippen molar-refractivity contribution >= 4 is 18.3 Å². The van der Waals surface area contributed by atoms with Gasteiger partial charge in [0, 0.05) is 12.0 Å². The van der Waals surface area contributed by atoms with E-state index < -0.39 is 12.8 Å². The monoisotopic (exact) mass is 354 g/mol. The fraction of sp³-hybridized carbons (Fsp3) is 0.533. The molecule has 0 aliphatic heterocycles. The van der Waals surface area contributed by atoms with Gasteiger partial charge in [0.05, 0.1) is 6.04 Å². The lowest BCUT2D eigenvalue weighted by Crippen LogP contribution is -2.39. The van der Waals surface area contributed by atoms with Gasteiger partial charge in [-0.2, -0.15) is 13.2 Å². The molecule has 0 saturated heterocycles. The van der Waals surface area contributed by atoms with E-state index in [0.717, 1.165) is 5.56 Å². The summed E-state index contributed by atoms with van der Waals surface area (Å²) in [5, 5.41) is 2.81. The summed E-state index contributed by atoms with van der Waals surface area (Å²) < 4.78 is 40.8. The van der Waals surface area contributed by atoms with E-state index in [1.807, 2.05) is 0 Å². The van der Waals surface area contributed by atoms with Gasteiger partial charge in [-0.1, -0.05) is 19.1 Å². The molecule has 3 unspecified atom stereocenters. The summed E-state index contributed by atoms with van der Waals surface area (Å²) in [6.07, 6.45) is -4.37. The Hall–Kier alpha value is -1.47. The average Bonchev–Trinajstić information content (AvgIpc) is 2.43. The van der Waals surface area contributed by atoms with Crippen LogP contribution in [-0.2, 0) is 4.79 Å². The summed E-state index contributed by atoms with van der Waals surface area (Å²) >= 11 is 0. The minimum absolute atomic E-state index is 0. The molecule has 8 heteroatoms. The summed E-state index contributed by atoms with van der Waals surface area (Å²) in [4.78, 5) is 11.9. The molecule has 3 atom stereocenters. The van der Waals surface area contributed by atoms with Gasteiger partial charge in [-0.3, -0.25) is 4.79 Å². The van der Waals surface area contributed by atoms with Crippen molar-refractivity contribution in [2.45, 2.75) is 39.0 Å². The van der Waals surface area contributed by atoms with Crippen molar-refractivity contribution in [1.82, 2.24) is 5.32 Å².